The summed E-state index contributed by atoms with van der Waals surface area (Å²) in [6.07, 6.45) is 7.66. The van der Waals surface area contributed by atoms with Crippen molar-refractivity contribution in [1.29, 1.82) is 0 Å². The summed E-state index contributed by atoms with van der Waals surface area (Å²) in [4.78, 5) is 8.91. The molecule has 2 aliphatic rings. The molecule has 1 aliphatic carbocycles. The molecule has 7 nitrogen and oxygen atoms in total. The Morgan fingerprint density at radius 2 is 2.00 bits per heavy atom. The minimum Gasteiger partial charge on any atom is -0.354 e. The highest BCUT2D eigenvalue weighted by atomic mass is 127. The van der Waals surface area contributed by atoms with Crippen molar-refractivity contribution in [3.63, 3.8) is 0 Å². The van der Waals surface area contributed by atoms with Gasteiger partial charge < -0.3 is 15.2 Å². The van der Waals surface area contributed by atoms with Crippen molar-refractivity contribution in [2.45, 2.75) is 64.1 Å². The minimum atomic E-state index is 0. The number of hydrogen-bond donors (Lipinski definition) is 2. The van der Waals surface area contributed by atoms with Gasteiger partial charge in [0.1, 0.15) is 12.4 Å². The van der Waals surface area contributed by atoms with Gasteiger partial charge in [0.25, 0.3) is 0 Å². The van der Waals surface area contributed by atoms with Crippen LogP contribution < -0.4 is 10.6 Å². The molecule has 1 unspecified atom stereocenters. The first kappa shape index (κ1) is 23.5. The number of hydrogen-bond acceptors (Lipinski definition) is 5. The number of halogens is 1. The number of aryl methyl sites for hydroxylation is 1. The van der Waals surface area contributed by atoms with Crippen molar-refractivity contribution in [2.24, 2.45) is 12.0 Å². The summed E-state index contributed by atoms with van der Waals surface area (Å²) < 4.78 is 2.01. The van der Waals surface area contributed by atoms with E-state index >= 15 is 0 Å². The fourth-order valence-corrected chi connectivity index (χ4v) is 5.15. The van der Waals surface area contributed by atoms with E-state index in [0.29, 0.717) is 18.6 Å². The summed E-state index contributed by atoms with van der Waals surface area (Å²) in [5.41, 5.74) is 0. The Kier molecular flexibility index (Phi) is 8.94. The Bertz CT molecular complexity index is 792. The highest BCUT2D eigenvalue weighted by Crippen LogP contribution is 2.28. The standard InChI is InChI=1S/C21H33N7S.HI/c1-16-25-26-20(27(16)2)15-23-21(24-17-8-3-4-9-17)22-14-18(19-10-7-13-29-19)28-11-5-6-12-28;/h7,10,13,17-18H,3-6,8-9,11-12,14-15H2,1-2H3,(H2,22,23,24);1H. The summed E-state index contributed by atoms with van der Waals surface area (Å²) in [5, 5.41) is 17.9. The van der Waals surface area contributed by atoms with Crippen LogP contribution in [0.4, 0.5) is 0 Å². The Labute approximate surface area is 200 Å². The molecule has 4 rings (SSSR count). The summed E-state index contributed by atoms with van der Waals surface area (Å²) in [7, 11) is 2.00. The molecule has 30 heavy (non-hydrogen) atoms. The number of aromatic nitrogens is 3. The maximum atomic E-state index is 4.87. The van der Waals surface area contributed by atoms with Crippen LogP contribution in [0.2, 0.25) is 0 Å². The Morgan fingerprint density at radius 1 is 1.23 bits per heavy atom. The monoisotopic (exact) mass is 543 g/mol. The van der Waals surface area contributed by atoms with Crippen LogP contribution in [0.5, 0.6) is 0 Å². The van der Waals surface area contributed by atoms with Gasteiger partial charge in [0, 0.05) is 24.5 Å². The molecule has 0 amide bonds. The normalized spacial score (nSPS) is 19.1. The lowest BCUT2D eigenvalue weighted by atomic mass is 10.2. The number of aliphatic imine (C=N–C) groups is 1. The molecule has 0 bridgehead atoms. The number of nitrogens with one attached hydrogen (secondary N) is 2. The molecule has 1 atom stereocenters. The predicted octanol–water partition coefficient (Wildman–Crippen LogP) is 3.62. The number of likely N-dealkylation sites (tertiary alicyclic amines) is 1. The molecule has 1 aliphatic heterocycles. The van der Waals surface area contributed by atoms with Gasteiger partial charge in [0.2, 0.25) is 0 Å². The lowest BCUT2D eigenvalue weighted by molar-refractivity contribution is 0.248. The van der Waals surface area contributed by atoms with Crippen molar-refractivity contribution in [3.8, 4) is 0 Å². The molecule has 0 radical (unpaired) electrons. The second kappa shape index (κ2) is 11.4. The topological polar surface area (TPSA) is 70.4 Å². The summed E-state index contributed by atoms with van der Waals surface area (Å²) in [5.74, 6) is 2.71. The van der Waals surface area contributed by atoms with E-state index in [1.165, 1.54) is 56.5 Å². The molecule has 2 fully saturated rings. The minimum absolute atomic E-state index is 0. The molecule has 1 saturated heterocycles. The summed E-state index contributed by atoms with van der Waals surface area (Å²) >= 11 is 1.85. The Hall–Kier alpha value is -1.20. The van der Waals surface area contributed by atoms with Gasteiger partial charge >= 0.3 is 0 Å². The zero-order valence-corrected chi connectivity index (χ0v) is 21.2. The van der Waals surface area contributed by atoms with E-state index in [4.69, 9.17) is 4.99 Å². The van der Waals surface area contributed by atoms with Crippen LogP contribution in [0.25, 0.3) is 0 Å². The molecular weight excluding hydrogens is 509 g/mol. The third kappa shape index (κ3) is 5.94. The molecule has 1 saturated carbocycles. The lowest BCUT2D eigenvalue weighted by Crippen LogP contribution is -2.45. The van der Waals surface area contributed by atoms with Crippen LogP contribution in [0.15, 0.2) is 22.5 Å². The highest BCUT2D eigenvalue weighted by molar-refractivity contribution is 14.0. The van der Waals surface area contributed by atoms with E-state index in [-0.39, 0.29) is 24.0 Å². The van der Waals surface area contributed by atoms with Gasteiger partial charge in [-0.15, -0.1) is 45.5 Å². The van der Waals surface area contributed by atoms with Crippen LogP contribution in [-0.2, 0) is 13.6 Å². The summed E-state index contributed by atoms with van der Waals surface area (Å²) in [6, 6.07) is 5.35. The van der Waals surface area contributed by atoms with Crippen LogP contribution in [-0.4, -0.2) is 51.3 Å². The van der Waals surface area contributed by atoms with Gasteiger partial charge in [-0.1, -0.05) is 18.9 Å². The molecule has 0 aromatic carbocycles. The van der Waals surface area contributed by atoms with Crippen molar-refractivity contribution in [1.82, 2.24) is 30.3 Å². The largest absolute Gasteiger partial charge is 0.354 e. The van der Waals surface area contributed by atoms with Gasteiger partial charge in [-0.3, -0.25) is 4.90 Å². The third-order valence-corrected chi connectivity index (χ3v) is 7.15. The molecule has 2 aromatic heterocycles. The fourth-order valence-electron chi connectivity index (χ4n) is 4.29. The second-order valence-corrected chi connectivity index (χ2v) is 9.15. The zero-order chi connectivity index (χ0) is 20.1. The molecule has 3 heterocycles. The van der Waals surface area contributed by atoms with Crippen molar-refractivity contribution in [2.75, 3.05) is 19.6 Å². The Balaban J connectivity index is 0.00000256. The molecule has 2 aromatic rings. The van der Waals surface area contributed by atoms with Crippen LogP contribution in [0, 0.1) is 6.92 Å². The SMILES string of the molecule is Cc1nnc(CN=C(NCC(c2cccs2)N2CCCC2)NC2CCCC2)n1C.I. The zero-order valence-electron chi connectivity index (χ0n) is 18.0. The molecule has 166 valence electrons. The molecule has 9 heteroatoms. The Morgan fingerprint density at radius 3 is 2.63 bits per heavy atom. The third-order valence-electron chi connectivity index (χ3n) is 6.17. The van der Waals surface area contributed by atoms with E-state index in [1.54, 1.807) is 0 Å². The molecule has 0 spiro atoms. The second-order valence-electron chi connectivity index (χ2n) is 8.17. The van der Waals surface area contributed by atoms with E-state index in [9.17, 15) is 0 Å². The van der Waals surface area contributed by atoms with Crippen LogP contribution >= 0.6 is 35.3 Å². The average molecular weight is 544 g/mol. The first-order valence-electron chi connectivity index (χ1n) is 10.9. The van der Waals surface area contributed by atoms with E-state index < -0.39 is 0 Å². The van der Waals surface area contributed by atoms with Crippen molar-refractivity contribution < 1.29 is 0 Å². The predicted molar refractivity (Wildman–Crippen MR) is 134 cm³/mol. The number of thiophene rings is 1. The number of rotatable bonds is 7. The maximum Gasteiger partial charge on any atom is 0.191 e. The fraction of sp³-hybridized carbons (Fsp3) is 0.667. The van der Waals surface area contributed by atoms with Gasteiger partial charge in [-0.05, 0) is 57.1 Å². The van der Waals surface area contributed by atoms with Crippen molar-refractivity contribution >= 4 is 41.3 Å². The van der Waals surface area contributed by atoms with Crippen molar-refractivity contribution in [3.05, 3.63) is 34.0 Å². The molecular formula is C21H34IN7S. The smallest absolute Gasteiger partial charge is 0.191 e. The quantitative estimate of drug-likeness (QED) is 0.317. The van der Waals surface area contributed by atoms with E-state index in [2.05, 4.69) is 43.2 Å². The first-order valence-corrected chi connectivity index (χ1v) is 11.8. The number of nitrogens with zero attached hydrogens (tertiary/aromatic N) is 5. The van der Waals surface area contributed by atoms with Crippen LogP contribution in [0.1, 0.15) is 61.1 Å². The first-order chi connectivity index (χ1) is 14.2. The summed E-state index contributed by atoms with van der Waals surface area (Å²) in [6.45, 7) is 5.75. The average Bonchev–Trinajstić information content (AvgIpc) is 3.52. The van der Waals surface area contributed by atoms with E-state index in [0.717, 1.165) is 24.2 Å². The van der Waals surface area contributed by atoms with Crippen LogP contribution in [0.3, 0.4) is 0 Å². The lowest BCUT2D eigenvalue weighted by Gasteiger charge is -2.28. The van der Waals surface area contributed by atoms with Gasteiger partial charge in [-0.25, -0.2) is 4.99 Å². The van der Waals surface area contributed by atoms with Gasteiger partial charge in [0.15, 0.2) is 11.8 Å². The molecule has 2 N–H and O–H groups in total. The van der Waals surface area contributed by atoms with Gasteiger partial charge in [-0.2, -0.15) is 0 Å². The van der Waals surface area contributed by atoms with E-state index in [1.807, 2.05) is 29.9 Å². The maximum absolute atomic E-state index is 4.87. The van der Waals surface area contributed by atoms with Gasteiger partial charge in [0.05, 0.1) is 6.04 Å². The number of guanidine groups is 1. The highest BCUT2D eigenvalue weighted by Gasteiger charge is 2.25.